The summed E-state index contributed by atoms with van der Waals surface area (Å²) in [6, 6.07) is 0. The summed E-state index contributed by atoms with van der Waals surface area (Å²) in [5.74, 6) is -1.44. The van der Waals surface area contributed by atoms with Gasteiger partial charge in [0, 0.05) is 26.3 Å². The number of likely N-dealkylation sites (tertiary alicyclic amines) is 1. The summed E-state index contributed by atoms with van der Waals surface area (Å²) in [5.41, 5.74) is -1.60. The number of rotatable bonds is 1. The minimum absolute atomic E-state index is 0. The van der Waals surface area contributed by atoms with Crippen LogP contribution in [0.1, 0.15) is 33.6 Å². The van der Waals surface area contributed by atoms with Crippen LogP contribution in [0, 0.1) is 5.41 Å². The third-order valence-electron chi connectivity index (χ3n) is 4.31. The fraction of sp³-hybridized carbons (Fsp3) is 0.923. The van der Waals surface area contributed by atoms with Gasteiger partial charge in [0.2, 0.25) is 0 Å². The Morgan fingerprint density at radius 3 is 2.27 bits per heavy atom. The molecule has 22 heavy (non-hydrogen) atoms. The molecule has 0 N–H and O–H groups in total. The Labute approximate surface area is 171 Å². The normalized spacial score (nSPS) is 25.0. The van der Waals surface area contributed by atoms with Crippen LogP contribution in [-0.4, -0.2) is 49.9 Å². The molecule has 1 spiro atoms. The fourth-order valence-corrected chi connectivity index (χ4v) is 3.29. The second-order valence-electron chi connectivity index (χ2n) is 7.07. The summed E-state index contributed by atoms with van der Waals surface area (Å²) in [4.78, 5) is 13.3. The first-order valence-corrected chi connectivity index (χ1v) is 7.29. The first kappa shape index (κ1) is 20.8. The van der Waals surface area contributed by atoms with Gasteiger partial charge in [0.15, 0.2) is 0 Å². The molecular weight excluding hydrogens is 325 g/mol. The predicted octanol–water partition coefficient (Wildman–Crippen LogP) is 0.256. The summed E-state index contributed by atoms with van der Waals surface area (Å²) >= 11 is 0. The minimum atomic E-state index is -5.00. The first-order valence-electron chi connectivity index (χ1n) is 7.29. The summed E-state index contributed by atoms with van der Waals surface area (Å²) in [5, 5.41) is 0. The molecule has 1 unspecified atom stereocenters. The number of halogens is 3. The molecule has 2 heterocycles. The van der Waals surface area contributed by atoms with Gasteiger partial charge in [0.05, 0.1) is 0 Å². The van der Waals surface area contributed by atoms with Crippen molar-refractivity contribution >= 4 is 13.1 Å². The fourth-order valence-electron chi connectivity index (χ4n) is 3.29. The van der Waals surface area contributed by atoms with E-state index in [0.717, 1.165) is 0 Å². The molecule has 0 aromatic carbocycles. The van der Waals surface area contributed by atoms with Crippen LogP contribution in [0.4, 0.5) is 17.7 Å². The van der Waals surface area contributed by atoms with E-state index < -0.39 is 29.9 Å². The van der Waals surface area contributed by atoms with Gasteiger partial charge >= 0.3 is 64.5 Å². The van der Waals surface area contributed by atoms with Crippen molar-refractivity contribution in [2.75, 3.05) is 26.3 Å². The average Bonchev–Trinajstić information content (AvgIpc) is 2.67. The van der Waals surface area contributed by atoms with Crippen LogP contribution < -0.4 is 51.4 Å². The average molecular weight is 347 g/mol. The summed E-state index contributed by atoms with van der Waals surface area (Å²) < 4.78 is 50.6. The van der Waals surface area contributed by atoms with E-state index in [-0.39, 0.29) is 64.5 Å². The number of ether oxygens (including phenoxy) is 2. The van der Waals surface area contributed by atoms with Crippen molar-refractivity contribution in [1.82, 2.24) is 4.90 Å². The van der Waals surface area contributed by atoms with E-state index in [0.29, 0.717) is 26.1 Å². The van der Waals surface area contributed by atoms with E-state index in [2.05, 4.69) is 0 Å². The van der Waals surface area contributed by atoms with Gasteiger partial charge in [-0.05, 0) is 44.8 Å². The van der Waals surface area contributed by atoms with E-state index in [1.54, 1.807) is 20.8 Å². The van der Waals surface area contributed by atoms with Crippen molar-refractivity contribution < 1.29 is 78.6 Å². The van der Waals surface area contributed by atoms with Crippen molar-refractivity contribution in [3.63, 3.8) is 0 Å². The Morgan fingerprint density at radius 2 is 1.82 bits per heavy atom. The number of hydrogen-bond acceptors (Lipinski definition) is 3. The van der Waals surface area contributed by atoms with E-state index >= 15 is 0 Å². The van der Waals surface area contributed by atoms with Gasteiger partial charge in [-0.3, -0.25) is 0 Å². The van der Waals surface area contributed by atoms with Crippen LogP contribution in [0.25, 0.3) is 0 Å². The molecule has 122 valence electrons. The molecule has 0 bridgehead atoms. The first-order chi connectivity index (χ1) is 9.54. The molecular formula is C13H22BF3KNO3. The van der Waals surface area contributed by atoms with Gasteiger partial charge < -0.3 is 27.3 Å². The molecule has 0 saturated carbocycles. The zero-order chi connectivity index (χ0) is 15.9. The molecule has 2 rings (SSSR count). The zero-order valence-corrected chi connectivity index (χ0v) is 16.8. The maximum atomic E-state index is 13.4. The number of carbonyl (C=O) groups excluding carboxylic acids is 1. The second-order valence-corrected chi connectivity index (χ2v) is 7.07. The maximum Gasteiger partial charge on any atom is 1.00 e. The van der Waals surface area contributed by atoms with Gasteiger partial charge in [0.1, 0.15) is 5.60 Å². The van der Waals surface area contributed by atoms with Gasteiger partial charge in [0.25, 0.3) is 0 Å². The van der Waals surface area contributed by atoms with Gasteiger partial charge in [-0.1, -0.05) is 0 Å². The Morgan fingerprint density at radius 1 is 1.27 bits per heavy atom. The monoisotopic (exact) mass is 347 g/mol. The van der Waals surface area contributed by atoms with Crippen LogP contribution in [0.5, 0.6) is 0 Å². The molecule has 0 aromatic heterocycles. The number of nitrogens with zero attached hydrogens (tertiary/aromatic N) is 1. The van der Waals surface area contributed by atoms with E-state index in [4.69, 9.17) is 9.47 Å². The molecule has 2 fully saturated rings. The van der Waals surface area contributed by atoms with Crippen LogP contribution in [-0.2, 0) is 9.47 Å². The standard InChI is InChI=1S/C13H22BF3NO3.K/c1-12(2,3)21-11(19)18-8-10(14(15,16)17)13(9-18)4-6-20-7-5-13;/h10H,4-9H2,1-3H3;/q-1;+1. The Hall–Kier alpha value is 0.721. The Bertz CT molecular complexity index is 408. The molecule has 1 atom stereocenters. The van der Waals surface area contributed by atoms with Crippen molar-refractivity contribution in [1.29, 1.82) is 0 Å². The van der Waals surface area contributed by atoms with Gasteiger partial charge in [-0.25, -0.2) is 4.79 Å². The summed E-state index contributed by atoms with van der Waals surface area (Å²) in [6.45, 7) is 0.581. The minimum Gasteiger partial charge on any atom is -0.449 e. The predicted molar refractivity (Wildman–Crippen MR) is 73.1 cm³/mol. The third-order valence-corrected chi connectivity index (χ3v) is 4.31. The number of hydrogen-bond donors (Lipinski definition) is 0. The van der Waals surface area contributed by atoms with Gasteiger partial charge in [-0.15, -0.1) is 0 Å². The van der Waals surface area contributed by atoms with E-state index in [9.17, 15) is 17.7 Å². The molecule has 2 saturated heterocycles. The number of carbonyl (C=O) groups is 1. The van der Waals surface area contributed by atoms with Crippen LogP contribution >= 0.6 is 0 Å². The molecule has 0 radical (unpaired) electrons. The van der Waals surface area contributed by atoms with Crippen molar-refractivity contribution in [3.05, 3.63) is 0 Å². The van der Waals surface area contributed by atoms with Crippen LogP contribution in [0.2, 0.25) is 5.82 Å². The maximum absolute atomic E-state index is 13.4. The quantitative estimate of drug-likeness (QED) is 0.639. The van der Waals surface area contributed by atoms with Crippen molar-refractivity contribution in [3.8, 4) is 0 Å². The van der Waals surface area contributed by atoms with Gasteiger partial charge in [-0.2, -0.15) is 0 Å². The second kappa shape index (κ2) is 7.31. The SMILES string of the molecule is CC(C)(C)OC(=O)N1CC([B-](F)(F)F)C2(CCOCC2)C1.[K+]. The molecule has 9 heteroatoms. The molecule has 1 amide bonds. The van der Waals surface area contributed by atoms with Crippen molar-refractivity contribution in [2.45, 2.75) is 45.0 Å². The Balaban J connectivity index is 0.00000242. The summed E-state index contributed by atoms with van der Waals surface area (Å²) in [7, 11) is 0. The zero-order valence-electron chi connectivity index (χ0n) is 13.7. The molecule has 0 aliphatic carbocycles. The van der Waals surface area contributed by atoms with Crippen molar-refractivity contribution in [2.24, 2.45) is 5.41 Å². The molecule has 4 nitrogen and oxygen atoms in total. The third kappa shape index (κ3) is 4.86. The molecule has 2 aliphatic rings. The Kier molecular flexibility index (Phi) is 6.90. The summed E-state index contributed by atoms with van der Waals surface area (Å²) in [6.07, 6.45) is 0.0344. The van der Waals surface area contributed by atoms with E-state index in [1.807, 2.05) is 0 Å². The van der Waals surface area contributed by atoms with Crippen LogP contribution in [0.3, 0.4) is 0 Å². The topological polar surface area (TPSA) is 38.8 Å². The van der Waals surface area contributed by atoms with E-state index in [1.165, 1.54) is 4.90 Å². The van der Waals surface area contributed by atoms with Crippen LogP contribution in [0.15, 0.2) is 0 Å². The number of amides is 1. The molecule has 0 aromatic rings. The molecule has 2 aliphatic heterocycles. The largest absolute Gasteiger partial charge is 1.00 e. The smallest absolute Gasteiger partial charge is 0.449 e.